The van der Waals surface area contributed by atoms with E-state index in [4.69, 9.17) is 9.31 Å². The lowest BCUT2D eigenvalue weighted by Crippen LogP contribution is -2.41. The number of halogens is 1. The fraction of sp³-hybridized carbons (Fsp3) is 0.535. The molecule has 0 N–H and O–H groups in total. The van der Waals surface area contributed by atoms with Crippen LogP contribution in [-0.4, -0.2) is 27.1 Å². The van der Waals surface area contributed by atoms with E-state index in [2.05, 4.69) is 127 Å². The molecule has 1 fully saturated rings. The van der Waals surface area contributed by atoms with Gasteiger partial charge in [0.25, 0.3) is 0 Å². The molecule has 1 saturated heterocycles. The summed E-state index contributed by atoms with van der Waals surface area (Å²) in [6, 6.07) is 18.5. The van der Waals surface area contributed by atoms with Gasteiger partial charge in [-0.05, 0) is 95.8 Å². The molecule has 0 saturated carbocycles. The second-order valence-corrected chi connectivity index (χ2v) is 17.1. The Labute approximate surface area is 314 Å². The molecular weight excluding hydrogens is 699 g/mol. The molecule has 3 aromatic carbocycles. The van der Waals surface area contributed by atoms with Gasteiger partial charge >= 0.3 is 7.12 Å². The predicted molar refractivity (Wildman–Crippen MR) is 218 cm³/mol. The minimum atomic E-state index is -0.371. The molecule has 1 aliphatic heterocycles. The summed E-state index contributed by atoms with van der Waals surface area (Å²) in [7, 11) is -0.365. The fourth-order valence-electron chi connectivity index (χ4n) is 8.01. The van der Waals surface area contributed by atoms with Crippen LogP contribution in [0, 0.1) is 0 Å². The molecule has 1 aromatic heterocycles. The van der Waals surface area contributed by atoms with Crippen molar-refractivity contribution in [1.82, 2.24) is 8.75 Å². The van der Waals surface area contributed by atoms with E-state index in [0.717, 1.165) is 26.5 Å². The highest BCUT2D eigenvalue weighted by Gasteiger charge is 2.52. The van der Waals surface area contributed by atoms with Crippen LogP contribution >= 0.6 is 27.7 Å². The van der Waals surface area contributed by atoms with E-state index in [1.54, 1.807) is 0 Å². The standard InChI is InChI=1S/C43H56BBrN2O2S/c1-7-9-11-13-15-17-27-43(28-18-16-14-12-10-8-2)36-29-31(19-21-32-22-26-38(45)40-39(32)46-50-47-40)20-24-34(36)35-25-23-33(30-37(35)43)44-48-41(3,4)42(5,6)49-44/h19-26,29-30H,7-18,27-28H2,1-6H3/b21-19+. The molecule has 0 spiro atoms. The minimum absolute atomic E-state index is 0.0343. The van der Waals surface area contributed by atoms with E-state index in [9.17, 15) is 0 Å². The van der Waals surface area contributed by atoms with Gasteiger partial charge in [-0.3, -0.25) is 0 Å². The van der Waals surface area contributed by atoms with Crippen LogP contribution < -0.4 is 5.46 Å². The van der Waals surface area contributed by atoms with Gasteiger partial charge < -0.3 is 9.31 Å². The summed E-state index contributed by atoms with van der Waals surface area (Å²) < 4.78 is 23.3. The molecule has 0 atom stereocenters. The maximum absolute atomic E-state index is 6.61. The lowest BCUT2D eigenvalue weighted by atomic mass is 9.68. The average molecular weight is 756 g/mol. The summed E-state index contributed by atoms with van der Waals surface area (Å²) in [4.78, 5) is 0. The van der Waals surface area contributed by atoms with Crippen LogP contribution in [0.4, 0.5) is 0 Å². The molecule has 50 heavy (non-hydrogen) atoms. The zero-order chi connectivity index (χ0) is 35.4. The third kappa shape index (κ3) is 7.72. The highest BCUT2D eigenvalue weighted by atomic mass is 79.9. The highest BCUT2D eigenvalue weighted by molar-refractivity contribution is 9.10. The molecule has 4 aromatic rings. The lowest BCUT2D eigenvalue weighted by Gasteiger charge is -2.33. The molecule has 7 heteroatoms. The summed E-state index contributed by atoms with van der Waals surface area (Å²) in [5.41, 5.74) is 10.3. The van der Waals surface area contributed by atoms with Crippen LogP contribution in [0.3, 0.4) is 0 Å². The van der Waals surface area contributed by atoms with Crippen LogP contribution in [0.15, 0.2) is 53.0 Å². The highest BCUT2D eigenvalue weighted by Crippen LogP contribution is 2.54. The zero-order valence-corrected chi connectivity index (χ0v) is 33.6. The number of fused-ring (bicyclic) bond motifs is 4. The van der Waals surface area contributed by atoms with Crippen molar-refractivity contribution in [3.8, 4) is 11.1 Å². The fourth-order valence-corrected chi connectivity index (χ4v) is 9.12. The normalized spacial score (nSPS) is 17.2. The molecule has 0 bridgehead atoms. The van der Waals surface area contributed by atoms with Crippen molar-refractivity contribution >= 4 is 63.4 Å². The van der Waals surface area contributed by atoms with E-state index in [1.165, 1.54) is 129 Å². The summed E-state index contributed by atoms with van der Waals surface area (Å²) in [5, 5.41) is 0. The molecule has 6 rings (SSSR count). The van der Waals surface area contributed by atoms with Crippen molar-refractivity contribution in [1.29, 1.82) is 0 Å². The van der Waals surface area contributed by atoms with Gasteiger partial charge in [-0.1, -0.05) is 146 Å². The van der Waals surface area contributed by atoms with Crippen molar-refractivity contribution in [3.05, 3.63) is 75.3 Å². The van der Waals surface area contributed by atoms with E-state index in [0.29, 0.717) is 0 Å². The van der Waals surface area contributed by atoms with Gasteiger partial charge in [0, 0.05) is 15.5 Å². The molecule has 0 amide bonds. The summed E-state index contributed by atoms with van der Waals surface area (Å²) in [6.45, 7) is 13.2. The van der Waals surface area contributed by atoms with Crippen molar-refractivity contribution in [2.75, 3.05) is 0 Å². The van der Waals surface area contributed by atoms with E-state index in [1.807, 2.05) is 0 Å². The molecule has 266 valence electrons. The van der Waals surface area contributed by atoms with Crippen molar-refractivity contribution in [2.45, 2.75) is 148 Å². The largest absolute Gasteiger partial charge is 0.494 e. The topological polar surface area (TPSA) is 44.2 Å². The zero-order valence-electron chi connectivity index (χ0n) is 31.2. The summed E-state index contributed by atoms with van der Waals surface area (Å²) >= 11 is 4.91. The Morgan fingerprint density at radius 2 is 1.22 bits per heavy atom. The number of nitrogens with zero attached hydrogens (tertiary/aromatic N) is 2. The van der Waals surface area contributed by atoms with Crippen LogP contribution in [0.25, 0.3) is 34.3 Å². The van der Waals surface area contributed by atoms with E-state index >= 15 is 0 Å². The van der Waals surface area contributed by atoms with Gasteiger partial charge in [0.2, 0.25) is 0 Å². The first-order valence-corrected chi connectivity index (χ1v) is 20.9. The number of aromatic nitrogens is 2. The first kappa shape index (κ1) is 37.4. The molecule has 1 aliphatic carbocycles. The maximum atomic E-state index is 6.61. The third-order valence-corrected chi connectivity index (χ3v) is 12.9. The second kappa shape index (κ2) is 16.1. The van der Waals surface area contributed by atoms with Crippen LogP contribution in [0.5, 0.6) is 0 Å². The summed E-state index contributed by atoms with van der Waals surface area (Å²) in [5.74, 6) is 0. The maximum Gasteiger partial charge on any atom is 0.494 e. The minimum Gasteiger partial charge on any atom is -0.399 e. The van der Waals surface area contributed by atoms with E-state index < -0.39 is 0 Å². The monoisotopic (exact) mass is 754 g/mol. The second-order valence-electron chi connectivity index (χ2n) is 15.7. The summed E-state index contributed by atoms with van der Waals surface area (Å²) in [6.07, 6.45) is 22.5. The Balaban J connectivity index is 1.39. The smallest absolute Gasteiger partial charge is 0.399 e. The van der Waals surface area contributed by atoms with Gasteiger partial charge in [-0.25, -0.2) is 0 Å². The van der Waals surface area contributed by atoms with Crippen LogP contribution in [0.1, 0.15) is 154 Å². The first-order chi connectivity index (χ1) is 24.1. The van der Waals surface area contributed by atoms with E-state index in [-0.39, 0.29) is 23.7 Å². The first-order valence-electron chi connectivity index (χ1n) is 19.3. The number of unbranched alkanes of at least 4 members (excludes halogenated alkanes) is 10. The Hall–Kier alpha value is -2.32. The quantitative estimate of drug-likeness (QED) is 0.0612. The number of rotatable bonds is 17. The van der Waals surface area contributed by atoms with Gasteiger partial charge in [0.05, 0.1) is 22.9 Å². The molecule has 0 unspecified atom stereocenters. The van der Waals surface area contributed by atoms with Gasteiger partial charge in [-0.2, -0.15) is 8.75 Å². The molecule has 2 heterocycles. The number of hydrogen-bond acceptors (Lipinski definition) is 5. The van der Waals surface area contributed by atoms with Gasteiger partial charge in [0.1, 0.15) is 11.0 Å². The Morgan fingerprint density at radius 3 is 1.86 bits per heavy atom. The van der Waals surface area contributed by atoms with Crippen molar-refractivity contribution in [3.63, 3.8) is 0 Å². The molecule has 4 nitrogen and oxygen atoms in total. The molecule has 0 radical (unpaired) electrons. The Bertz CT molecular complexity index is 1760. The number of hydrogen-bond donors (Lipinski definition) is 0. The van der Waals surface area contributed by atoms with Gasteiger partial charge in [-0.15, -0.1) is 0 Å². The van der Waals surface area contributed by atoms with Crippen molar-refractivity contribution in [2.24, 2.45) is 0 Å². The molecular formula is C43H56BBrN2O2S. The lowest BCUT2D eigenvalue weighted by molar-refractivity contribution is 0.00578. The Kier molecular flexibility index (Phi) is 12.1. The average Bonchev–Trinajstić information content (AvgIpc) is 3.76. The molecule has 2 aliphatic rings. The van der Waals surface area contributed by atoms with Crippen molar-refractivity contribution < 1.29 is 9.31 Å². The Morgan fingerprint density at radius 1 is 0.660 bits per heavy atom. The van der Waals surface area contributed by atoms with Crippen LogP contribution in [-0.2, 0) is 14.7 Å². The third-order valence-electron chi connectivity index (χ3n) is 11.7. The number of benzene rings is 3. The predicted octanol–water partition coefficient (Wildman–Crippen LogP) is 12.7. The van der Waals surface area contributed by atoms with Crippen LogP contribution in [0.2, 0.25) is 0 Å². The van der Waals surface area contributed by atoms with Gasteiger partial charge in [0.15, 0.2) is 0 Å². The SMILES string of the molecule is CCCCCCCCC1(CCCCCCCC)c2cc(/C=C/c3ccc(Br)c4nsnc34)ccc2-c2ccc(B3OC(C)(C)C(C)(C)O3)cc21.